The van der Waals surface area contributed by atoms with Crippen molar-refractivity contribution in [3.8, 4) is 5.75 Å². The van der Waals surface area contributed by atoms with Crippen molar-refractivity contribution in [2.45, 2.75) is 18.3 Å². The number of hydrogen-bond donors (Lipinski definition) is 1. The summed E-state index contributed by atoms with van der Waals surface area (Å²) in [5.74, 6) is -2.04. The molecule has 2 aromatic carbocycles. The number of piperidine rings is 1. The van der Waals surface area contributed by atoms with Gasteiger partial charge in [0.15, 0.2) is 11.6 Å². The van der Waals surface area contributed by atoms with Crippen LogP contribution < -0.4 is 4.74 Å². The Hall–Kier alpha value is -2.89. The van der Waals surface area contributed by atoms with Crippen LogP contribution in [-0.2, 0) is 10.2 Å². The number of carbonyl (C=O) groups is 2. The van der Waals surface area contributed by atoms with Crippen LogP contribution in [0.4, 0.5) is 4.39 Å². The summed E-state index contributed by atoms with van der Waals surface area (Å²) in [6, 6.07) is 13.5. The Bertz CT molecular complexity index is 814. The maximum atomic E-state index is 14.4. The van der Waals surface area contributed by atoms with Crippen molar-refractivity contribution in [2.24, 2.45) is 0 Å². The number of ether oxygens (including phenoxy) is 1. The van der Waals surface area contributed by atoms with Gasteiger partial charge < -0.3 is 14.7 Å². The minimum atomic E-state index is -1.02. The number of benzene rings is 2. The van der Waals surface area contributed by atoms with Crippen molar-refractivity contribution >= 4 is 11.9 Å². The maximum absolute atomic E-state index is 14.4. The first-order valence-electron chi connectivity index (χ1n) is 8.40. The second-order valence-electron chi connectivity index (χ2n) is 6.37. The van der Waals surface area contributed by atoms with Crippen LogP contribution >= 0.6 is 0 Å². The SMILES string of the molecule is COc1cccc(C(=O)N2CCC(C(=O)O)(c3ccccc3)CC2)c1F. The van der Waals surface area contributed by atoms with E-state index in [2.05, 4.69) is 0 Å². The molecule has 136 valence electrons. The van der Waals surface area contributed by atoms with Crippen LogP contribution in [0.15, 0.2) is 48.5 Å². The van der Waals surface area contributed by atoms with E-state index in [4.69, 9.17) is 4.74 Å². The number of halogens is 1. The molecule has 6 heteroatoms. The van der Waals surface area contributed by atoms with Crippen LogP contribution in [-0.4, -0.2) is 42.1 Å². The largest absolute Gasteiger partial charge is 0.494 e. The number of carboxylic acids is 1. The van der Waals surface area contributed by atoms with E-state index < -0.39 is 23.1 Å². The van der Waals surface area contributed by atoms with Gasteiger partial charge in [-0.2, -0.15) is 0 Å². The highest BCUT2D eigenvalue weighted by Crippen LogP contribution is 2.36. The molecule has 0 unspecified atom stereocenters. The summed E-state index contributed by atoms with van der Waals surface area (Å²) >= 11 is 0. The fourth-order valence-electron chi connectivity index (χ4n) is 3.48. The van der Waals surface area contributed by atoms with E-state index in [0.29, 0.717) is 0 Å². The molecular formula is C20H20FNO4. The number of carbonyl (C=O) groups excluding carboxylic acids is 1. The van der Waals surface area contributed by atoms with Crippen molar-refractivity contribution in [2.75, 3.05) is 20.2 Å². The lowest BCUT2D eigenvalue weighted by molar-refractivity contribution is -0.145. The van der Waals surface area contributed by atoms with Crippen LogP contribution in [0.1, 0.15) is 28.8 Å². The topological polar surface area (TPSA) is 66.8 Å². The van der Waals surface area contributed by atoms with Crippen molar-refractivity contribution in [1.82, 2.24) is 4.90 Å². The molecule has 1 aliphatic rings. The number of carboxylic acid groups (broad SMARTS) is 1. The van der Waals surface area contributed by atoms with Gasteiger partial charge in [-0.15, -0.1) is 0 Å². The van der Waals surface area contributed by atoms with Gasteiger partial charge in [-0.25, -0.2) is 4.39 Å². The second kappa shape index (κ2) is 7.15. The van der Waals surface area contributed by atoms with Crippen molar-refractivity contribution in [3.05, 3.63) is 65.5 Å². The third-order valence-electron chi connectivity index (χ3n) is 5.05. The highest BCUT2D eigenvalue weighted by Gasteiger charge is 2.44. The summed E-state index contributed by atoms with van der Waals surface area (Å²) in [4.78, 5) is 26.2. The Morgan fingerprint density at radius 2 is 1.73 bits per heavy atom. The van der Waals surface area contributed by atoms with Gasteiger partial charge in [-0.3, -0.25) is 9.59 Å². The number of rotatable bonds is 4. The number of aliphatic carboxylic acids is 1. The summed E-state index contributed by atoms with van der Waals surface area (Å²) in [5.41, 5.74) is -0.357. The number of amides is 1. The van der Waals surface area contributed by atoms with Gasteiger partial charge in [-0.1, -0.05) is 36.4 Å². The molecule has 1 aliphatic heterocycles. The molecular weight excluding hydrogens is 337 g/mol. The number of likely N-dealkylation sites (tertiary alicyclic amines) is 1. The Morgan fingerprint density at radius 3 is 2.31 bits per heavy atom. The first kappa shape index (κ1) is 17.9. The molecule has 26 heavy (non-hydrogen) atoms. The molecule has 0 aliphatic carbocycles. The molecule has 1 saturated heterocycles. The van der Waals surface area contributed by atoms with Crippen molar-refractivity contribution in [1.29, 1.82) is 0 Å². The van der Waals surface area contributed by atoms with Crippen molar-refractivity contribution < 1.29 is 23.8 Å². The Labute approximate surface area is 151 Å². The average Bonchev–Trinajstić information content (AvgIpc) is 2.68. The molecule has 1 heterocycles. The monoisotopic (exact) mass is 357 g/mol. The first-order chi connectivity index (χ1) is 12.5. The van der Waals surface area contributed by atoms with E-state index in [1.165, 1.54) is 24.1 Å². The molecule has 1 fully saturated rings. The number of nitrogens with zero attached hydrogens (tertiary/aromatic N) is 1. The van der Waals surface area contributed by atoms with Crippen LogP contribution in [0.5, 0.6) is 5.75 Å². The fraction of sp³-hybridized carbons (Fsp3) is 0.300. The van der Waals surface area contributed by atoms with Gasteiger partial charge in [-0.05, 0) is 30.5 Å². The Balaban J connectivity index is 1.81. The minimum Gasteiger partial charge on any atom is -0.494 e. The van der Waals surface area contributed by atoms with Gasteiger partial charge in [0.2, 0.25) is 0 Å². The van der Waals surface area contributed by atoms with E-state index in [9.17, 15) is 19.1 Å². The van der Waals surface area contributed by atoms with E-state index in [1.54, 1.807) is 18.2 Å². The molecule has 0 radical (unpaired) electrons. The van der Waals surface area contributed by atoms with Crippen LogP contribution in [0.25, 0.3) is 0 Å². The molecule has 0 aromatic heterocycles. The van der Waals surface area contributed by atoms with E-state index >= 15 is 0 Å². The van der Waals surface area contributed by atoms with Gasteiger partial charge in [0.05, 0.1) is 18.1 Å². The zero-order valence-corrected chi connectivity index (χ0v) is 14.4. The molecule has 0 saturated carbocycles. The summed E-state index contributed by atoms with van der Waals surface area (Å²) in [6.45, 7) is 0.493. The summed E-state index contributed by atoms with van der Waals surface area (Å²) < 4.78 is 19.3. The lowest BCUT2D eigenvalue weighted by Gasteiger charge is -2.39. The quantitative estimate of drug-likeness (QED) is 0.913. The zero-order valence-electron chi connectivity index (χ0n) is 14.4. The maximum Gasteiger partial charge on any atom is 0.314 e. The van der Waals surface area contributed by atoms with Crippen LogP contribution in [0.3, 0.4) is 0 Å². The minimum absolute atomic E-state index is 0.0111. The van der Waals surface area contributed by atoms with Gasteiger partial charge in [0.25, 0.3) is 5.91 Å². The van der Waals surface area contributed by atoms with E-state index in [-0.39, 0.29) is 37.2 Å². The third kappa shape index (κ3) is 3.03. The standard InChI is InChI=1S/C20H20FNO4/c1-26-16-9-5-8-15(17(16)21)18(23)22-12-10-20(11-13-22,19(24)25)14-6-3-2-4-7-14/h2-9H,10-13H2,1H3,(H,24,25). The fourth-order valence-corrected chi connectivity index (χ4v) is 3.48. The number of hydrogen-bond acceptors (Lipinski definition) is 3. The highest BCUT2D eigenvalue weighted by molar-refractivity contribution is 5.95. The van der Waals surface area contributed by atoms with Crippen molar-refractivity contribution in [3.63, 3.8) is 0 Å². The predicted octanol–water partition coefficient (Wildman–Crippen LogP) is 3.09. The lowest BCUT2D eigenvalue weighted by Crippen LogP contribution is -2.49. The van der Waals surface area contributed by atoms with Gasteiger partial charge in [0, 0.05) is 13.1 Å². The molecule has 0 atom stereocenters. The van der Waals surface area contributed by atoms with E-state index in [1.807, 2.05) is 18.2 Å². The molecule has 5 nitrogen and oxygen atoms in total. The summed E-state index contributed by atoms with van der Waals surface area (Å²) in [7, 11) is 1.34. The molecule has 1 amide bonds. The molecule has 0 bridgehead atoms. The van der Waals surface area contributed by atoms with E-state index in [0.717, 1.165) is 5.56 Å². The second-order valence-corrected chi connectivity index (χ2v) is 6.37. The van der Waals surface area contributed by atoms with Gasteiger partial charge in [0.1, 0.15) is 0 Å². The molecule has 0 spiro atoms. The van der Waals surface area contributed by atoms with Crippen LogP contribution in [0.2, 0.25) is 0 Å². The number of methoxy groups -OCH3 is 1. The highest BCUT2D eigenvalue weighted by atomic mass is 19.1. The smallest absolute Gasteiger partial charge is 0.314 e. The molecule has 3 rings (SSSR count). The third-order valence-corrected chi connectivity index (χ3v) is 5.05. The average molecular weight is 357 g/mol. The molecule has 1 N–H and O–H groups in total. The summed E-state index contributed by atoms with van der Waals surface area (Å²) in [6.07, 6.45) is 0.563. The lowest BCUT2D eigenvalue weighted by atomic mass is 9.72. The summed E-state index contributed by atoms with van der Waals surface area (Å²) in [5, 5.41) is 9.82. The predicted molar refractivity (Wildman–Crippen MR) is 93.8 cm³/mol. The normalized spacial score (nSPS) is 16.2. The first-order valence-corrected chi connectivity index (χ1v) is 8.40. The van der Waals surface area contributed by atoms with Gasteiger partial charge >= 0.3 is 5.97 Å². The zero-order chi connectivity index (χ0) is 18.7. The molecule has 2 aromatic rings. The van der Waals surface area contributed by atoms with Crippen LogP contribution in [0, 0.1) is 5.82 Å². The Kier molecular flexibility index (Phi) is 4.93. The Morgan fingerprint density at radius 1 is 1.08 bits per heavy atom.